The molecule has 1 N–H and O–H groups in total. The van der Waals surface area contributed by atoms with Gasteiger partial charge in [0.1, 0.15) is 5.75 Å². The van der Waals surface area contributed by atoms with E-state index < -0.39 is 0 Å². The van der Waals surface area contributed by atoms with E-state index in [1.807, 2.05) is 25.2 Å². The van der Waals surface area contributed by atoms with Crippen LogP contribution in [0.1, 0.15) is 57.6 Å². The van der Waals surface area contributed by atoms with Crippen LogP contribution in [0.4, 0.5) is 0 Å². The molecule has 0 saturated heterocycles. The van der Waals surface area contributed by atoms with Crippen molar-refractivity contribution in [2.24, 2.45) is 5.92 Å². The fourth-order valence-electron chi connectivity index (χ4n) is 2.69. The molecule has 1 aromatic rings. The molecule has 0 aliphatic rings. The maximum atomic E-state index is 6.15. The molecule has 0 radical (unpaired) electrons. The van der Waals surface area contributed by atoms with Crippen LogP contribution in [0.2, 0.25) is 5.02 Å². The Bertz CT molecular complexity index is 395. The Hall–Kier alpha value is -0.730. The van der Waals surface area contributed by atoms with Crippen molar-refractivity contribution in [2.45, 2.75) is 52.0 Å². The van der Waals surface area contributed by atoms with Gasteiger partial charge < -0.3 is 10.1 Å². The second-order valence-electron chi connectivity index (χ2n) is 5.38. The lowest BCUT2D eigenvalue weighted by Gasteiger charge is -2.24. The minimum absolute atomic E-state index is 0.297. The molecule has 20 heavy (non-hydrogen) atoms. The zero-order valence-corrected chi connectivity index (χ0v) is 14.0. The highest BCUT2D eigenvalue weighted by Gasteiger charge is 2.19. The molecular formula is C17H28ClNO. The van der Waals surface area contributed by atoms with Gasteiger partial charge in [0.15, 0.2) is 0 Å². The monoisotopic (exact) mass is 297 g/mol. The van der Waals surface area contributed by atoms with E-state index in [4.69, 9.17) is 16.3 Å². The predicted octanol–water partition coefficient (Wildman–Crippen LogP) is 5.22. The van der Waals surface area contributed by atoms with Crippen molar-refractivity contribution in [1.82, 2.24) is 5.32 Å². The molecule has 0 aliphatic carbocycles. The topological polar surface area (TPSA) is 21.3 Å². The van der Waals surface area contributed by atoms with Gasteiger partial charge >= 0.3 is 0 Å². The zero-order chi connectivity index (χ0) is 15.0. The van der Waals surface area contributed by atoms with Crippen LogP contribution in [0.3, 0.4) is 0 Å². The second-order valence-corrected chi connectivity index (χ2v) is 5.82. The summed E-state index contributed by atoms with van der Waals surface area (Å²) >= 11 is 6.15. The average molecular weight is 298 g/mol. The lowest BCUT2D eigenvalue weighted by Crippen LogP contribution is -2.20. The number of benzene rings is 1. The fourth-order valence-corrected chi connectivity index (χ4v) is 2.87. The molecular weight excluding hydrogens is 270 g/mol. The fraction of sp³-hybridized carbons (Fsp3) is 0.647. The van der Waals surface area contributed by atoms with Crippen LogP contribution in [0.25, 0.3) is 0 Å². The molecule has 0 aromatic heterocycles. The Morgan fingerprint density at radius 1 is 1.30 bits per heavy atom. The van der Waals surface area contributed by atoms with Gasteiger partial charge in [0.05, 0.1) is 7.11 Å². The summed E-state index contributed by atoms with van der Waals surface area (Å²) < 4.78 is 5.48. The first kappa shape index (κ1) is 17.3. The normalized spacial score (nSPS) is 14.1. The van der Waals surface area contributed by atoms with Crippen molar-refractivity contribution in [3.63, 3.8) is 0 Å². The predicted molar refractivity (Wildman–Crippen MR) is 87.7 cm³/mol. The van der Waals surface area contributed by atoms with E-state index in [2.05, 4.69) is 19.2 Å². The molecule has 2 atom stereocenters. The van der Waals surface area contributed by atoms with Crippen molar-refractivity contribution < 1.29 is 4.74 Å². The molecule has 0 spiro atoms. The van der Waals surface area contributed by atoms with Crippen molar-refractivity contribution in [1.29, 1.82) is 0 Å². The van der Waals surface area contributed by atoms with Crippen LogP contribution in [0.15, 0.2) is 18.2 Å². The largest absolute Gasteiger partial charge is 0.496 e. The SMILES string of the molecule is CCCCC(CC)CC(NC)c1cc(Cl)ccc1OC. The highest BCUT2D eigenvalue weighted by molar-refractivity contribution is 6.30. The van der Waals surface area contributed by atoms with Gasteiger partial charge in [-0.05, 0) is 37.6 Å². The van der Waals surface area contributed by atoms with E-state index in [1.165, 1.54) is 25.7 Å². The number of hydrogen-bond donors (Lipinski definition) is 1. The maximum absolute atomic E-state index is 6.15. The number of unbranched alkanes of at least 4 members (excludes halogenated alkanes) is 1. The smallest absolute Gasteiger partial charge is 0.123 e. The molecule has 114 valence electrons. The van der Waals surface area contributed by atoms with E-state index >= 15 is 0 Å². The van der Waals surface area contributed by atoms with Crippen molar-refractivity contribution in [3.8, 4) is 5.75 Å². The third-order valence-corrected chi connectivity index (χ3v) is 4.26. The van der Waals surface area contributed by atoms with Crippen molar-refractivity contribution in [3.05, 3.63) is 28.8 Å². The third-order valence-electron chi connectivity index (χ3n) is 4.03. The summed E-state index contributed by atoms with van der Waals surface area (Å²) in [4.78, 5) is 0. The highest BCUT2D eigenvalue weighted by atomic mass is 35.5. The Morgan fingerprint density at radius 2 is 2.05 bits per heavy atom. The summed E-state index contributed by atoms with van der Waals surface area (Å²) in [5.74, 6) is 1.66. The second kappa shape index (κ2) is 9.25. The Balaban J connectivity index is 2.86. The standard InChI is InChI=1S/C17H28ClNO/c1-5-7-8-13(6-2)11-16(19-3)15-12-14(18)9-10-17(15)20-4/h9-10,12-13,16,19H,5-8,11H2,1-4H3. The summed E-state index contributed by atoms with van der Waals surface area (Å²) in [5.41, 5.74) is 1.16. The average Bonchev–Trinajstić information content (AvgIpc) is 2.47. The molecule has 0 fully saturated rings. The van der Waals surface area contributed by atoms with Gasteiger partial charge in [-0.15, -0.1) is 0 Å². The van der Waals surface area contributed by atoms with Gasteiger partial charge in [-0.25, -0.2) is 0 Å². The molecule has 0 heterocycles. The Labute approximate surface area is 128 Å². The molecule has 2 unspecified atom stereocenters. The molecule has 0 saturated carbocycles. The third kappa shape index (κ3) is 4.99. The van der Waals surface area contributed by atoms with Gasteiger partial charge in [0.25, 0.3) is 0 Å². The van der Waals surface area contributed by atoms with Gasteiger partial charge in [-0.2, -0.15) is 0 Å². The van der Waals surface area contributed by atoms with Gasteiger partial charge in [0, 0.05) is 16.6 Å². The first-order valence-electron chi connectivity index (χ1n) is 7.66. The number of nitrogens with one attached hydrogen (secondary N) is 1. The molecule has 0 aliphatic heterocycles. The summed E-state index contributed by atoms with van der Waals surface area (Å²) in [6.45, 7) is 4.53. The zero-order valence-electron chi connectivity index (χ0n) is 13.2. The van der Waals surface area contributed by atoms with E-state index in [0.29, 0.717) is 6.04 Å². The first-order valence-corrected chi connectivity index (χ1v) is 8.04. The molecule has 1 rings (SSSR count). The molecule has 3 heteroatoms. The van der Waals surface area contributed by atoms with Crippen LogP contribution in [0.5, 0.6) is 5.75 Å². The van der Waals surface area contributed by atoms with Crippen LogP contribution in [-0.4, -0.2) is 14.2 Å². The lowest BCUT2D eigenvalue weighted by molar-refractivity contribution is 0.351. The quantitative estimate of drug-likeness (QED) is 0.675. The summed E-state index contributed by atoms with van der Waals surface area (Å²) in [6, 6.07) is 6.15. The van der Waals surface area contributed by atoms with Crippen LogP contribution < -0.4 is 10.1 Å². The number of methoxy groups -OCH3 is 1. The van der Waals surface area contributed by atoms with Crippen molar-refractivity contribution in [2.75, 3.05) is 14.2 Å². The molecule has 2 nitrogen and oxygen atoms in total. The number of hydrogen-bond acceptors (Lipinski definition) is 2. The first-order chi connectivity index (χ1) is 9.65. The summed E-state index contributed by atoms with van der Waals surface area (Å²) in [6.07, 6.45) is 6.22. The number of rotatable bonds is 9. The van der Waals surface area contributed by atoms with Crippen LogP contribution >= 0.6 is 11.6 Å². The summed E-state index contributed by atoms with van der Waals surface area (Å²) in [5, 5.41) is 4.19. The van der Waals surface area contributed by atoms with Gasteiger partial charge in [0.2, 0.25) is 0 Å². The number of halogens is 1. The van der Waals surface area contributed by atoms with Gasteiger partial charge in [-0.3, -0.25) is 0 Å². The minimum atomic E-state index is 0.297. The number of ether oxygens (including phenoxy) is 1. The van der Waals surface area contributed by atoms with Crippen LogP contribution in [-0.2, 0) is 0 Å². The maximum Gasteiger partial charge on any atom is 0.123 e. The Morgan fingerprint density at radius 3 is 2.60 bits per heavy atom. The molecule has 0 amide bonds. The van der Waals surface area contributed by atoms with Crippen molar-refractivity contribution >= 4 is 11.6 Å². The Kier molecular flexibility index (Phi) is 8.01. The van der Waals surface area contributed by atoms with E-state index in [1.54, 1.807) is 7.11 Å². The van der Waals surface area contributed by atoms with Crippen LogP contribution in [0, 0.1) is 5.92 Å². The van der Waals surface area contributed by atoms with E-state index in [0.717, 1.165) is 28.7 Å². The highest BCUT2D eigenvalue weighted by Crippen LogP contribution is 2.33. The minimum Gasteiger partial charge on any atom is -0.496 e. The molecule has 1 aromatic carbocycles. The van der Waals surface area contributed by atoms with Gasteiger partial charge in [-0.1, -0.05) is 51.1 Å². The van der Waals surface area contributed by atoms with E-state index in [-0.39, 0.29) is 0 Å². The summed E-state index contributed by atoms with van der Waals surface area (Å²) in [7, 11) is 3.73. The molecule has 0 bridgehead atoms. The lowest BCUT2D eigenvalue weighted by atomic mass is 9.89. The van der Waals surface area contributed by atoms with E-state index in [9.17, 15) is 0 Å².